The van der Waals surface area contributed by atoms with Crippen LogP contribution in [-0.2, 0) is 4.74 Å². The maximum atomic E-state index is 14.0. The Labute approximate surface area is 197 Å². The molecule has 2 fully saturated rings. The van der Waals surface area contributed by atoms with Gasteiger partial charge in [0.2, 0.25) is 5.95 Å². The molecule has 0 spiro atoms. The molecule has 1 aliphatic heterocycles. The normalized spacial score (nSPS) is 21.5. The zero-order chi connectivity index (χ0) is 23.7. The number of nitrogens with one attached hydrogen (secondary N) is 1. The molecule has 2 aromatic heterocycles. The van der Waals surface area contributed by atoms with Crippen LogP contribution in [0.1, 0.15) is 37.9 Å². The first-order chi connectivity index (χ1) is 16.5. The van der Waals surface area contributed by atoms with Crippen molar-refractivity contribution in [1.82, 2.24) is 24.4 Å². The average molecular weight is 472 g/mol. The second-order valence-corrected chi connectivity index (χ2v) is 9.22. The monoisotopic (exact) mass is 471 g/mol. The summed E-state index contributed by atoms with van der Waals surface area (Å²) in [5.41, 5.74) is 1.11. The van der Waals surface area contributed by atoms with Crippen LogP contribution in [0.15, 0.2) is 30.3 Å². The second-order valence-electron chi connectivity index (χ2n) is 9.22. The van der Waals surface area contributed by atoms with Gasteiger partial charge in [-0.25, -0.2) is 13.8 Å². The number of hydrogen-bond acceptors (Lipinski definition) is 7. The molecule has 1 N–H and O–H groups in total. The second kappa shape index (κ2) is 9.79. The fourth-order valence-electron chi connectivity index (χ4n) is 4.89. The highest BCUT2D eigenvalue weighted by atomic mass is 19.3. The van der Waals surface area contributed by atoms with Crippen molar-refractivity contribution >= 4 is 22.8 Å². The number of hydrogen-bond donors (Lipinski definition) is 1. The SMILES string of the molecule is CN(C)C1CCC(Nc2cc(-n3c(C(F)F)nc4ccccc43)nc(N3CCOCC3)n2)CC1. The molecule has 1 aliphatic carbocycles. The number of benzene rings is 1. The molecule has 1 saturated carbocycles. The van der Waals surface area contributed by atoms with E-state index in [0.717, 1.165) is 25.7 Å². The predicted octanol–water partition coefficient (Wildman–Crippen LogP) is 3.87. The molecular formula is C24H31F2N7O. The quantitative estimate of drug-likeness (QED) is 0.585. The van der Waals surface area contributed by atoms with Crippen LogP contribution in [0.2, 0.25) is 0 Å². The summed E-state index contributed by atoms with van der Waals surface area (Å²) in [5, 5.41) is 3.57. The summed E-state index contributed by atoms with van der Waals surface area (Å²) in [7, 11) is 4.25. The van der Waals surface area contributed by atoms with Gasteiger partial charge in [0, 0.05) is 31.2 Å². The maximum Gasteiger partial charge on any atom is 0.296 e. The lowest BCUT2D eigenvalue weighted by atomic mass is 9.90. The minimum absolute atomic E-state index is 0.283. The molecule has 3 aromatic rings. The minimum Gasteiger partial charge on any atom is -0.378 e. The topological polar surface area (TPSA) is 71.3 Å². The van der Waals surface area contributed by atoms with Crippen molar-refractivity contribution in [2.75, 3.05) is 50.6 Å². The zero-order valence-electron chi connectivity index (χ0n) is 19.6. The third kappa shape index (κ3) is 4.69. The van der Waals surface area contributed by atoms with E-state index in [9.17, 15) is 8.78 Å². The standard InChI is InChI=1S/C24H31F2N7O/c1-31(2)17-9-7-16(8-10-17)27-20-15-21(30-24(29-20)32-11-13-34-14-12-32)33-19-6-4-3-5-18(19)28-23(33)22(25)26/h3-6,15-17,22H,7-14H2,1-2H3,(H,27,29,30). The predicted molar refractivity (Wildman–Crippen MR) is 128 cm³/mol. The van der Waals surface area contributed by atoms with E-state index in [1.54, 1.807) is 24.3 Å². The van der Waals surface area contributed by atoms with Gasteiger partial charge in [-0.15, -0.1) is 0 Å². The molecule has 2 aliphatic rings. The first-order valence-corrected chi connectivity index (χ1v) is 11.9. The van der Waals surface area contributed by atoms with E-state index < -0.39 is 6.43 Å². The van der Waals surface area contributed by atoms with Gasteiger partial charge >= 0.3 is 0 Å². The number of rotatable bonds is 6. The summed E-state index contributed by atoms with van der Waals surface area (Å²) < 4.78 is 35.0. The van der Waals surface area contributed by atoms with Crippen molar-refractivity contribution in [2.45, 2.75) is 44.2 Å². The van der Waals surface area contributed by atoms with Crippen LogP contribution in [0.3, 0.4) is 0 Å². The number of fused-ring (bicyclic) bond motifs is 1. The summed E-state index contributed by atoms with van der Waals surface area (Å²) in [4.78, 5) is 18.0. The molecule has 10 heteroatoms. The Morgan fingerprint density at radius 2 is 1.76 bits per heavy atom. The van der Waals surface area contributed by atoms with Crippen molar-refractivity contribution in [2.24, 2.45) is 0 Å². The highest BCUT2D eigenvalue weighted by Gasteiger charge is 2.26. The lowest BCUT2D eigenvalue weighted by Gasteiger charge is -2.33. The Morgan fingerprint density at radius 1 is 1.03 bits per heavy atom. The van der Waals surface area contributed by atoms with Crippen LogP contribution < -0.4 is 10.2 Å². The van der Waals surface area contributed by atoms with Crippen molar-refractivity contribution < 1.29 is 13.5 Å². The van der Waals surface area contributed by atoms with Crippen LogP contribution in [-0.4, -0.2) is 76.9 Å². The Balaban J connectivity index is 1.53. The lowest BCUT2D eigenvalue weighted by Crippen LogP contribution is -2.38. The van der Waals surface area contributed by atoms with Gasteiger partial charge in [0.1, 0.15) is 11.6 Å². The first-order valence-electron chi connectivity index (χ1n) is 11.9. The Morgan fingerprint density at radius 3 is 2.47 bits per heavy atom. The minimum atomic E-state index is -2.73. The molecule has 182 valence electrons. The number of alkyl halides is 2. The molecule has 0 bridgehead atoms. The summed E-state index contributed by atoms with van der Waals surface area (Å²) in [6, 6.07) is 9.79. The Hall–Kier alpha value is -2.85. The number of ether oxygens (including phenoxy) is 1. The van der Waals surface area contributed by atoms with E-state index in [0.29, 0.717) is 61.0 Å². The van der Waals surface area contributed by atoms with Crippen LogP contribution in [0, 0.1) is 0 Å². The number of halogens is 2. The number of anilines is 2. The largest absolute Gasteiger partial charge is 0.378 e. The molecular weight excluding hydrogens is 440 g/mol. The van der Waals surface area contributed by atoms with Crippen molar-refractivity contribution in [1.29, 1.82) is 0 Å². The van der Waals surface area contributed by atoms with Gasteiger partial charge in [0.05, 0.1) is 24.2 Å². The van der Waals surface area contributed by atoms with Gasteiger partial charge in [0.25, 0.3) is 6.43 Å². The van der Waals surface area contributed by atoms with Crippen LogP contribution in [0.25, 0.3) is 16.9 Å². The van der Waals surface area contributed by atoms with Gasteiger partial charge < -0.3 is 19.9 Å². The molecule has 0 unspecified atom stereocenters. The lowest BCUT2D eigenvalue weighted by molar-refractivity contribution is 0.122. The highest BCUT2D eigenvalue weighted by molar-refractivity contribution is 5.78. The van der Waals surface area contributed by atoms with Crippen molar-refractivity contribution in [3.8, 4) is 5.82 Å². The number of aromatic nitrogens is 4. The van der Waals surface area contributed by atoms with Crippen LogP contribution >= 0.6 is 0 Å². The number of para-hydroxylation sites is 2. The van der Waals surface area contributed by atoms with Gasteiger partial charge in [0.15, 0.2) is 5.82 Å². The van der Waals surface area contributed by atoms with Gasteiger partial charge in [-0.1, -0.05) is 12.1 Å². The van der Waals surface area contributed by atoms with E-state index in [-0.39, 0.29) is 11.9 Å². The smallest absolute Gasteiger partial charge is 0.296 e. The van der Waals surface area contributed by atoms with E-state index >= 15 is 0 Å². The molecule has 1 saturated heterocycles. The Bertz CT molecular complexity index is 1120. The van der Waals surface area contributed by atoms with Crippen LogP contribution in [0.4, 0.5) is 20.5 Å². The van der Waals surface area contributed by atoms with E-state index in [4.69, 9.17) is 14.7 Å². The maximum absolute atomic E-state index is 14.0. The molecule has 1 aromatic carbocycles. The summed E-state index contributed by atoms with van der Waals surface area (Å²) >= 11 is 0. The number of imidazole rings is 1. The van der Waals surface area contributed by atoms with E-state index in [1.807, 2.05) is 11.0 Å². The third-order valence-electron chi connectivity index (χ3n) is 6.78. The number of nitrogens with zero attached hydrogens (tertiary/aromatic N) is 6. The molecule has 5 rings (SSSR count). The van der Waals surface area contributed by atoms with Crippen LogP contribution in [0.5, 0.6) is 0 Å². The Kier molecular flexibility index (Phi) is 6.60. The fourth-order valence-corrected chi connectivity index (χ4v) is 4.89. The average Bonchev–Trinajstić information content (AvgIpc) is 3.25. The van der Waals surface area contributed by atoms with E-state index in [2.05, 4.69) is 29.3 Å². The summed E-state index contributed by atoms with van der Waals surface area (Å²) in [6.07, 6.45) is 1.56. The molecule has 0 atom stereocenters. The highest BCUT2D eigenvalue weighted by Crippen LogP contribution is 2.30. The molecule has 8 nitrogen and oxygen atoms in total. The van der Waals surface area contributed by atoms with E-state index in [1.165, 1.54) is 4.57 Å². The molecule has 3 heterocycles. The van der Waals surface area contributed by atoms with Crippen molar-refractivity contribution in [3.63, 3.8) is 0 Å². The molecule has 0 radical (unpaired) electrons. The summed E-state index contributed by atoms with van der Waals surface area (Å²) in [5.74, 6) is 1.25. The fraction of sp³-hybridized carbons (Fsp3) is 0.542. The molecule has 34 heavy (non-hydrogen) atoms. The number of morpholine rings is 1. The molecule has 0 amide bonds. The first kappa shape index (κ1) is 22.9. The van der Waals surface area contributed by atoms with Gasteiger partial charge in [-0.3, -0.25) is 4.57 Å². The van der Waals surface area contributed by atoms with Gasteiger partial charge in [-0.2, -0.15) is 9.97 Å². The van der Waals surface area contributed by atoms with Gasteiger partial charge in [-0.05, 0) is 51.9 Å². The summed E-state index contributed by atoms with van der Waals surface area (Å²) in [6.45, 7) is 2.48. The zero-order valence-corrected chi connectivity index (χ0v) is 19.6. The van der Waals surface area contributed by atoms with Crippen molar-refractivity contribution in [3.05, 3.63) is 36.2 Å². The third-order valence-corrected chi connectivity index (χ3v) is 6.78.